The molecule has 0 atom stereocenters. The highest BCUT2D eigenvalue weighted by atomic mass is 79.9. The number of unbranched alkanes of at least 4 members (excludes halogenated alkanes) is 2. The topological polar surface area (TPSA) is 64.1 Å². The number of hydrogen-bond acceptors (Lipinski definition) is 3. The summed E-state index contributed by atoms with van der Waals surface area (Å²) in [6, 6.07) is 9.79. The molecule has 0 aliphatic rings. The number of nitro benzene ring substituents is 1. The molecule has 0 saturated carbocycles. The number of benzene rings is 1. The molecular formula is C18H21BrN2O3. The van der Waals surface area contributed by atoms with E-state index in [4.69, 9.17) is 0 Å². The second-order valence-corrected chi connectivity index (χ2v) is 5.56. The summed E-state index contributed by atoms with van der Waals surface area (Å²) in [4.78, 5) is 22.3. The Morgan fingerprint density at radius 3 is 2.25 bits per heavy atom. The van der Waals surface area contributed by atoms with Gasteiger partial charge in [0.25, 0.3) is 5.69 Å². The number of rotatable bonds is 8. The lowest BCUT2D eigenvalue weighted by atomic mass is 10.1. The number of pyridine rings is 1. The van der Waals surface area contributed by atoms with Gasteiger partial charge in [-0.3, -0.25) is 14.9 Å². The van der Waals surface area contributed by atoms with Gasteiger partial charge in [0.2, 0.25) is 12.3 Å². The van der Waals surface area contributed by atoms with Gasteiger partial charge in [-0.05, 0) is 30.5 Å². The summed E-state index contributed by atoms with van der Waals surface area (Å²) in [7, 11) is 0. The Kier molecular flexibility index (Phi) is 8.26. The molecule has 0 amide bonds. The number of non-ortho nitro benzene ring substituents is 1. The average Bonchev–Trinajstić information content (AvgIpc) is 2.56. The molecule has 0 spiro atoms. The lowest BCUT2D eigenvalue weighted by Gasteiger charge is -2.01. The number of halogens is 1. The summed E-state index contributed by atoms with van der Waals surface area (Å²) < 4.78 is 1.83. The van der Waals surface area contributed by atoms with Gasteiger partial charge in [-0.25, -0.2) is 0 Å². The van der Waals surface area contributed by atoms with E-state index in [2.05, 4.69) is 6.92 Å². The van der Waals surface area contributed by atoms with Gasteiger partial charge < -0.3 is 17.0 Å². The third-order valence-electron chi connectivity index (χ3n) is 3.76. The Balaban J connectivity index is 0.00000288. The third-order valence-corrected chi connectivity index (χ3v) is 3.76. The Morgan fingerprint density at radius 2 is 1.71 bits per heavy atom. The summed E-state index contributed by atoms with van der Waals surface area (Å²) in [6.07, 6.45) is 8.49. The van der Waals surface area contributed by atoms with Crippen LogP contribution in [0.2, 0.25) is 0 Å². The Hall–Kier alpha value is -2.08. The van der Waals surface area contributed by atoms with Gasteiger partial charge in [0.15, 0.2) is 12.4 Å². The molecule has 24 heavy (non-hydrogen) atoms. The quantitative estimate of drug-likeness (QED) is 0.216. The number of nitro groups is 1. The van der Waals surface area contributed by atoms with E-state index in [0.29, 0.717) is 5.56 Å². The minimum atomic E-state index is -0.472. The maximum Gasteiger partial charge on any atom is 0.269 e. The van der Waals surface area contributed by atoms with Crippen LogP contribution < -0.4 is 21.5 Å². The normalized spacial score (nSPS) is 10.0. The van der Waals surface area contributed by atoms with Crippen LogP contribution in [0.1, 0.15) is 42.1 Å². The van der Waals surface area contributed by atoms with Crippen molar-refractivity contribution in [3.63, 3.8) is 0 Å². The summed E-state index contributed by atoms with van der Waals surface area (Å²) in [5, 5.41) is 10.6. The summed E-state index contributed by atoms with van der Waals surface area (Å²) in [5.74, 6) is -0.0661. The monoisotopic (exact) mass is 392 g/mol. The number of aromatic nitrogens is 1. The molecular weight excluding hydrogens is 372 g/mol. The van der Waals surface area contributed by atoms with Crippen LogP contribution in [-0.4, -0.2) is 10.7 Å². The highest BCUT2D eigenvalue weighted by molar-refractivity contribution is 5.95. The van der Waals surface area contributed by atoms with E-state index in [1.807, 2.05) is 29.1 Å². The van der Waals surface area contributed by atoms with Gasteiger partial charge in [0.1, 0.15) is 0 Å². The molecule has 0 radical (unpaired) electrons. The predicted octanol–water partition coefficient (Wildman–Crippen LogP) is 0.502. The van der Waals surface area contributed by atoms with Crippen LogP contribution in [0.3, 0.4) is 0 Å². The van der Waals surface area contributed by atoms with Gasteiger partial charge in [0, 0.05) is 29.8 Å². The summed E-state index contributed by atoms with van der Waals surface area (Å²) in [5.41, 5.74) is 1.75. The summed E-state index contributed by atoms with van der Waals surface area (Å²) in [6.45, 7) is 2.41. The molecule has 0 N–H and O–H groups in total. The highest BCUT2D eigenvalue weighted by Crippen LogP contribution is 2.12. The number of aryl methyl sites for hydroxylation is 1. The first-order valence-electron chi connectivity index (χ1n) is 7.86. The number of carbonyl (C=O) groups is 1. The molecule has 1 heterocycles. The second-order valence-electron chi connectivity index (χ2n) is 5.56. The first-order valence-corrected chi connectivity index (χ1v) is 7.86. The van der Waals surface area contributed by atoms with Crippen molar-refractivity contribution < 1.29 is 31.3 Å². The predicted molar refractivity (Wildman–Crippen MR) is 87.3 cm³/mol. The molecule has 5 nitrogen and oxygen atoms in total. The fourth-order valence-electron chi connectivity index (χ4n) is 2.37. The van der Waals surface area contributed by atoms with Crippen molar-refractivity contribution in [2.24, 2.45) is 0 Å². The second kappa shape index (κ2) is 9.93. The number of nitrogens with zero attached hydrogens (tertiary/aromatic N) is 2. The molecule has 2 rings (SSSR count). The van der Waals surface area contributed by atoms with Crippen molar-refractivity contribution in [1.29, 1.82) is 0 Å². The molecule has 2 aromatic rings. The standard InChI is InChI=1S/C18H21N2O3.BrH/c1-2-3-4-5-15-10-12-19(13-11-15)14-18(21)16-6-8-17(9-7-16)20(22)23;/h6-13H,2-5,14H2,1H3;1H/q+1;/p-1. The molecule has 0 aliphatic carbocycles. The lowest BCUT2D eigenvalue weighted by molar-refractivity contribution is -0.683. The van der Waals surface area contributed by atoms with E-state index in [0.717, 1.165) is 6.42 Å². The largest absolute Gasteiger partial charge is 1.00 e. The Bertz CT molecular complexity index is 670. The molecule has 0 aliphatic heterocycles. The maximum atomic E-state index is 12.2. The van der Waals surface area contributed by atoms with Gasteiger partial charge in [-0.1, -0.05) is 19.8 Å². The molecule has 6 heteroatoms. The molecule has 0 unspecified atom stereocenters. The van der Waals surface area contributed by atoms with Crippen LogP contribution in [0.4, 0.5) is 5.69 Å². The van der Waals surface area contributed by atoms with E-state index in [1.165, 1.54) is 49.1 Å². The molecule has 1 aromatic heterocycles. The zero-order valence-corrected chi connectivity index (χ0v) is 15.2. The minimum Gasteiger partial charge on any atom is -1.00 e. The van der Waals surface area contributed by atoms with E-state index in [9.17, 15) is 14.9 Å². The number of carbonyl (C=O) groups excluding carboxylic acids is 1. The molecule has 0 bridgehead atoms. The highest BCUT2D eigenvalue weighted by Gasteiger charge is 2.13. The maximum absolute atomic E-state index is 12.2. The molecule has 1 aromatic carbocycles. The van der Waals surface area contributed by atoms with Crippen molar-refractivity contribution in [2.75, 3.05) is 0 Å². The molecule has 0 saturated heterocycles. The SMILES string of the molecule is CCCCCc1cc[n+](CC(=O)c2ccc([N+](=O)[O-])cc2)cc1.[Br-]. The zero-order chi connectivity index (χ0) is 16.7. The van der Waals surface area contributed by atoms with Crippen LogP contribution in [0.15, 0.2) is 48.8 Å². The van der Waals surface area contributed by atoms with E-state index >= 15 is 0 Å². The number of hydrogen-bond donors (Lipinski definition) is 0. The van der Waals surface area contributed by atoms with Crippen LogP contribution in [0.5, 0.6) is 0 Å². The first kappa shape index (κ1) is 20.0. The van der Waals surface area contributed by atoms with Gasteiger partial charge >= 0.3 is 0 Å². The zero-order valence-electron chi connectivity index (χ0n) is 13.7. The van der Waals surface area contributed by atoms with Crippen molar-refractivity contribution >= 4 is 11.5 Å². The smallest absolute Gasteiger partial charge is 0.269 e. The van der Waals surface area contributed by atoms with Crippen molar-refractivity contribution in [3.8, 4) is 0 Å². The van der Waals surface area contributed by atoms with Gasteiger partial charge in [0.05, 0.1) is 4.92 Å². The van der Waals surface area contributed by atoms with Gasteiger partial charge in [-0.2, -0.15) is 4.57 Å². The number of ketones is 1. The summed E-state index contributed by atoms with van der Waals surface area (Å²) >= 11 is 0. The average molecular weight is 393 g/mol. The van der Waals surface area contributed by atoms with Crippen molar-refractivity contribution in [1.82, 2.24) is 0 Å². The minimum absolute atomic E-state index is 0. The van der Waals surface area contributed by atoms with Crippen LogP contribution in [0, 0.1) is 10.1 Å². The third kappa shape index (κ3) is 5.85. The van der Waals surface area contributed by atoms with Crippen LogP contribution in [-0.2, 0) is 13.0 Å². The van der Waals surface area contributed by atoms with Crippen molar-refractivity contribution in [2.45, 2.75) is 39.2 Å². The van der Waals surface area contributed by atoms with Crippen LogP contribution in [0.25, 0.3) is 0 Å². The van der Waals surface area contributed by atoms with E-state index in [-0.39, 0.29) is 35.0 Å². The van der Waals surface area contributed by atoms with Crippen LogP contribution >= 0.6 is 0 Å². The first-order chi connectivity index (χ1) is 11.1. The van der Waals surface area contributed by atoms with E-state index in [1.54, 1.807) is 0 Å². The number of Topliss-reactive ketones (excluding diaryl/α,β-unsaturated/α-hetero) is 1. The lowest BCUT2D eigenvalue weighted by Crippen LogP contribution is -3.00. The van der Waals surface area contributed by atoms with E-state index < -0.39 is 4.92 Å². The van der Waals surface area contributed by atoms with Gasteiger partial charge in [-0.15, -0.1) is 0 Å². The molecule has 0 fully saturated rings. The van der Waals surface area contributed by atoms with Crippen molar-refractivity contribution in [3.05, 3.63) is 70.0 Å². The Labute approximate surface area is 152 Å². The Morgan fingerprint density at radius 1 is 1.08 bits per heavy atom. The molecule has 128 valence electrons. The fourth-order valence-corrected chi connectivity index (χ4v) is 2.37. The fraction of sp³-hybridized carbons (Fsp3) is 0.333.